The van der Waals surface area contributed by atoms with Crippen molar-refractivity contribution < 1.29 is 9.53 Å². The van der Waals surface area contributed by atoms with E-state index < -0.39 is 0 Å². The number of anilines is 2. The number of carbonyl (C=O) groups is 1. The van der Waals surface area contributed by atoms with E-state index in [9.17, 15) is 4.79 Å². The third-order valence-electron chi connectivity index (χ3n) is 3.32. The number of rotatable bonds is 3. The second-order valence-electron chi connectivity index (χ2n) is 4.78. The Bertz CT molecular complexity index is 862. The zero-order valence-corrected chi connectivity index (χ0v) is 13.1. The Labute approximate surface area is 138 Å². The molecule has 2 N–H and O–H groups in total. The molecule has 23 heavy (non-hydrogen) atoms. The Balaban J connectivity index is 1.84. The van der Waals surface area contributed by atoms with Crippen LogP contribution in [-0.2, 0) is 0 Å². The van der Waals surface area contributed by atoms with Crippen molar-refractivity contribution >= 4 is 39.9 Å². The Morgan fingerprint density at radius 3 is 2.65 bits per heavy atom. The first kappa shape index (κ1) is 15.1. The fourth-order valence-corrected chi connectivity index (χ4v) is 2.55. The summed E-state index contributed by atoms with van der Waals surface area (Å²) in [6.07, 6.45) is 1.65. The standard InChI is InChI=1S/C17H14ClN3O2/c1-23-16-12(18)6-4-8-15(16)21-17(22)20-14-9-10-19-13-7-3-2-5-11(13)14/h2-10H,1H3,(H2,19,20,21,22). The molecule has 116 valence electrons. The summed E-state index contributed by atoms with van der Waals surface area (Å²) in [6, 6.07) is 14.1. The average molecular weight is 328 g/mol. The number of fused-ring (bicyclic) bond motifs is 1. The first-order valence-electron chi connectivity index (χ1n) is 6.93. The Morgan fingerprint density at radius 2 is 1.83 bits per heavy atom. The summed E-state index contributed by atoms with van der Waals surface area (Å²) in [6.45, 7) is 0. The maximum atomic E-state index is 12.3. The highest BCUT2D eigenvalue weighted by Crippen LogP contribution is 2.32. The Hall–Kier alpha value is -2.79. The number of aromatic nitrogens is 1. The van der Waals surface area contributed by atoms with Crippen LogP contribution in [-0.4, -0.2) is 18.1 Å². The molecule has 0 unspecified atom stereocenters. The molecule has 0 atom stereocenters. The normalized spacial score (nSPS) is 10.3. The Morgan fingerprint density at radius 1 is 1.04 bits per heavy atom. The molecule has 0 saturated carbocycles. The van der Waals surface area contributed by atoms with E-state index in [-0.39, 0.29) is 6.03 Å². The van der Waals surface area contributed by atoms with E-state index in [0.29, 0.717) is 22.1 Å². The van der Waals surface area contributed by atoms with Crippen LogP contribution in [0.4, 0.5) is 16.2 Å². The van der Waals surface area contributed by atoms with Crippen LogP contribution in [0.3, 0.4) is 0 Å². The second kappa shape index (κ2) is 6.54. The molecule has 0 radical (unpaired) electrons. The van der Waals surface area contributed by atoms with Crippen LogP contribution >= 0.6 is 11.6 Å². The molecular formula is C17H14ClN3O2. The van der Waals surface area contributed by atoms with Gasteiger partial charge in [0.1, 0.15) is 0 Å². The lowest BCUT2D eigenvalue weighted by molar-refractivity contribution is 0.262. The van der Waals surface area contributed by atoms with Crippen molar-refractivity contribution in [2.45, 2.75) is 0 Å². The van der Waals surface area contributed by atoms with E-state index >= 15 is 0 Å². The smallest absolute Gasteiger partial charge is 0.323 e. The number of hydrogen-bond donors (Lipinski definition) is 2. The van der Waals surface area contributed by atoms with Crippen molar-refractivity contribution in [3.8, 4) is 5.75 Å². The minimum Gasteiger partial charge on any atom is -0.493 e. The molecule has 0 saturated heterocycles. The third-order valence-corrected chi connectivity index (χ3v) is 3.61. The molecule has 0 aliphatic carbocycles. The van der Waals surface area contributed by atoms with Crippen molar-refractivity contribution in [1.29, 1.82) is 0 Å². The summed E-state index contributed by atoms with van der Waals surface area (Å²) in [5, 5.41) is 6.85. The average Bonchev–Trinajstić information content (AvgIpc) is 2.55. The molecule has 2 aromatic carbocycles. The largest absolute Gasteiger partial charge is 0.493 e. The summed E-state index contributed by atoms with van der Waals surface area (Å²) >= 11 is 6.05. The summed E-state index contributed by atoms with van der Waals surface area (Å²) in [7, 11) is 1.50. The van der Waals surface area contributed by atoms with E-state index in [0.717, 1.165) is 10.9 Å². The number of urea groups is 1. The number of amides is 2. The first-order chi connectivity index (χ1) is 11.2. The predicted molar refractivity (Wildman–Crippen MR) is 92.4 cm³/mol. The first-order valence-corrected chi connectivity index (χ1v) is 7.31. The van der Waals surface area contributed by atoms with Crippen LogP contribution in [0.15, 0.2) is 54.7 Å². The van der Waals surface area contributed by atoms with Gasteiger partial charge in [0.05, 0.1) is 29.0 Å². The molecule has 0 fully saturated rings. The number of carbonyl (C=O) groups excluding carboxylic acids is 1. The summed E-state index contributed by atoms with van der Waals surface area (Å²) in [5.74, 6) is 0.420. The van der Waals surface area contributed by atoms with Gasteiger partial charge < -0.3 is 15.4 Å². The fourth-order valence-electron chi connectivity index (χ4n) is 2.30. The molecule has 6 heteroatoms. The summed E-state index contributed by atoms with van der Waals surface area (Å²) in [4.78, 5) is 16.5. The Kier molecular flexibility index (Phi) is 4.30. The van der Waals surface area contributed by atoms with Gasteiger partial charge in [-0.1, -0.05) is 35.9 Å². The second-order valence-corrected chi connectivity index (χ2v) is 5.18. The van der Waals surface area contributed by atoms with Gasteiger partial charge >= 0.3 is 6.03 Å². The maximum absolute atomic E-state index is 12.3. The van der Waals surface area contributed by atoms with Gasteiger partial charge in [-0.25, -0.2) is 4.79 Å². The van der Waals surface area contributed by atoms with Gasteiger partial charge in [-0.3, -0.25) is 4.98 Å². The quantitative estimate of drug-likeness (QED) is 0.742. The number of pyridine rings is 1. The van der Waals surface area contributed by atoms with Crippen LogP contribution in [0.5, 0.6) is 5.75 Å². The number of nitrogens with zero attached hydrogens (tertiary/aromatic N) is 1. The molecule has 3 rings (SSSR count). The molecule has 5 nitrogen and oxygen atoms in total. The van der Waals surface area contributed by atoms with Gasteiger partial charge in [0.2, 0.25) is 0 Å². The fraction of sp³-hybridized carbons (Fsp3) is 0.0588. The SMILES string of the molecule is COc1c(Cl)cccc1NC(=O)Nc1ccnc2ccccc12. The molecule has 2 amide bonds. The molecule has 3 aromatic rings. The molecule has 0 spiro atoms. The van der Waals surface area contributed by atoms with Crippen molar-refractivity contribution in [2.75, 3.05) is 17.7 Å². The maximum Gasteiger partial charge on any atom is 0.323 e. The van der Waals surface area contributed by atoms with Crippen LogP contribution in [0.25, 0.3) is 10.9 Å². The third kappa shape index (κ3) is 3.19. The lowest BCUT2D eigenvalue weighted by atomic mass is 10.2. The number of ether oxygens (including phenoxy) is 1. The summed E-state index contributed by atoms with van der Waals surface area (Å²) < 4.78 is 5.21. The molecule has 0 aliphatic heterocycles. The summed E-state index contributed by atoms with van der Waals surface area (Å²) in [5.41, 5.74) is 1.98. The molecular weight excluding hydrogens is 314 g/mol. The highest BCUT2D eigenvalue weighted by molar-refractivity contribution is 6.32. The van der Waals surface area contributed by atoms with Crippen LogP contribution < -0.4 is 15.4 Å². The van der Waals surface area contributed by atoms with Gasteiger partial charge in [0.25, 0.3) is 0 Å². The van der Waals surface area contributed by atoms with Gasteiger partial charge in [-0.15, -0.1) is 0 Å². The van der Waals surface area contributed by atoms with Crippen LogP contribution in [0, 0.1) is 0 Å². The van der Waals surface area contributed by atoms with E-state index in [2.05, 4.69) is 15.6 Å². The topological polar surface area (TPSA) is 63.2 Å². The minimum atomic E-state index is -0.387. The van der Waals surface area contributed by atoms with Crippen molar-refractivity contribution in [3.63, 3.8) is 0 Å². The molecule has 1 aromatic heterocycles. The molecule has 1 heterocycles. The van der Waals surface area contributed by atoms with Gasteiger partial charge in [0, 0.05) is 11.6 Å². The highest BCUT2D eigenvalue weighted by atomic mass is 35.5. The lowest BCUT2D eigenvalue weighted by Gasteiger charge is -2.13. The highest BCUT2D eigenvalue weighted by Gasteiger charge is 2.11. The predicted octanol–water partition coefficient (Wildman–Crippen LogP) is 4.54. The number of benzene rings is 2. The zero-order valence-electron chi connectivity index (χ0n) is 12.3. The van der Waals surface area contributed by atoms with Gasteiger partial charge in [0.15, 0.2) is 5.75 Å². The lowest BCUT2D eigenvalue weighted by Crippen LogP contribution is -2.20. The van der Waals surface area contributed by atoms with Crippen LogP contribution in [0.2, 0.25) is 5.02 Å². The van der Waals surface area contributed by atoms with E-state index in [4.69, 9.17) is 16.3 Å². The minimum absolute atomic E-state index is 0.387. The number of para-hydroxylation sites is 2. The zero-order chi connectivity index (χ0) is 16.2. The van der Waals surface area contributed by atoms with Gasteiger partial charge in [-0.05, 0) is 24.3 Å². The number of nitrogens with one attached hydrogen (secondary N) is 2. The van der Waals surface area contributed by atoms with E-state index in [1.807, 2.05) is 24.3 Å². The number of hydrogen-bond acceptors (Lipinski definition) is 3. The molecule has 0 aliphatic rings. The van der Waals surface area contributed by atoms with E-state index in [1.165, 1.54) is 7.11 Å². The number of methoxy groups -OCH3 is 1. The molecule has 0 bridgehead atoms. The monoisotopic (exact) mass is 327 g/mol. The van der Waals surface area contributed by atoms with Crippen molar-refractivity contribution in [3.05, 3.63) is 59.8 Å². The van der Waals surface area contributed by atoms with Crippen molar-refractivity contribution in [1.82, 2.24) is 4.98 Å². The number of halogens is 1. The van der Waals surface area contributed by atoms with Gasteiger partial charge in [-0.2, -0.15) is 0 Å². The van der Waals surface area contributed by atoms with Crippen LogP contribution in [0.1, 0.15) is 0 Å². The van der Waals surface area contributed by atoms with Crippen molar-refractivity contribution in [2.24, 2.45) is 0 Å². The van der Waals surface area contributed by atoms with E-state index in [1.54, 1.807) is 30.5 Å².